The Kier molecular flexibility index (Phi) is 4.94. The van der Waals surface area contributed by atoms with Crippen LogP contribution in [0.3, 0.4) is 0 Å². The fraction of sp³-hybridized carbons (Fsp3) is 0.333. The van der Waals surface area contributed by atoms with Gasteiger partial charge in [-0.2, -0.15) is 0 Å². The van der Waals surface area contributed by atoms with Crippen molar-refractivity contribution < 1.29 is 14.4 Å². The van der Waals surface area contributed by atoms with E-state index in [0.29, 0.717) is 11.3 Å². The lowest BCUT2D eigenvalue weighted by Crippen LogP contribution is -2.24. The van der Waals surface area contributed by atoms with Crippen LogP contribution >= 0.6 is 0 Å². The number of nitrogens with zero attached hydrogens (tertiary/aromatic N) is 2. The van der Waals surface area contributed by atoms with E-state index in [0.717, 1.165) is 24.4 Å². The van der Waals surface area contributed by atoms with Crippen molar-refractivity contribution in [2.45, 2.75) is 0 Å². The summed E-state index contributed by atoms with van der Waals surface area (Å²) < 4.78 is 5.11. The van der Waals surface area contributed by atoms with Gasteiger partial charge in [-0.25, -0.2) is 4.79 Å². The zero-order valence-electron chi connectivity index (χ0n) is 12.4. The zero-order valence-corrected chi connectivity index (χ0v) is 12.4. The van der Waals surface area contributed by atoms with Crippen LogP contribution in [0, 0.1) is 0 Å². The maximum absolute atomic E-state index is 11.7. The zero-order chi connectivity index (χ0) is 15.2. The number of hydrogen-bond acceptors (Lipinski definition) is 6. The first kappa shape index (κ1) is 15.1. The number of hydrogen-bond donors (Lipinski definition) is 1. The lowest BCUT2D eigenvalue weighted by Gasteiger charge is -2.09. The number of likely N-dealkylation sites (N-methyl/N-ethyl adjacent to an activating group) is 1. The average Bonchev–Trinajstić information content (AvgIpc) is 2.85. The van der Waals surface area contributed by atoms with Crippen molar-refractivity contribution in [3.05, 3.63) is 41.6 Å². The van der Waals surface area contributed by atoms with E-state index >= 15 is 0 Å². The van der Waals surface area contributed by atoms with E-state index in [1.54, 1.807) is 13.3 Å². The molecule has 0 unspecified atom stereocenters. The van der Waals surface area contributed by atoms with Gasteiger partial charge in [-0.15, -0.1) is 0 Å². The third kappa shape index (κ3) is 3.82. The summed E-state index contributed by atoms with van der Waals surface area (Å²) in [5.41, 5.74) is 1.77. The van der Waals surface area contributed by atoms with Crippen molar-refractivity contribution in [2.24, 2.45) is 5.16 Å². The van der Waals surface area contributed by atoms with Crippen LogP contribution in [0.15, 0.2) is 41.2 Å². The quantitative estimate of drug-likeness (QED) is 0.481. The Morgan fingerprint density at radius 2 is 2.05 bits per heavy atom. The smallest absolute Gasteiger partial charge is 0.369 e. The first-order valence-corrected chi connectivity index (χ1v) is 6.64. The third-order valence-electron chi connectivity index (χ3n) is 3.01. The summed E-state index contributed by atoms with van der Waals surface area (Å²) >= 11 is 0. The summed E-state index contributed by atoms with van der Waals surface area (Å²) in [5.74, 6) is 0.303. The summed E-state index contributed by atoms with van der Waals surface area (Å²) in [5, 5.41) is 6.95. The fourth-order valence-corrected chi connectivity index (χ4v) is 1.83. The average molecular weight is 289 g/mol. The molecule has 0 saturated carbocycles. The van der Waals surface area contributed by atoms with Crippen molar-refractivity contribution in [1.82, 2.24) is 10.2 Å². The number of benzene rings is 1. The monoisotopic (exact) mass is 289 g/mol. The van der Waals surface area contributed by atoms with Crippen LogP contribution in [-0.2, 0) is 9.63 Å². The van der Waals surface area contributed by atoms with Gasteiger partial charge in [0.1, 0.15) is 17.0 Å². The molecule has 21 heavy (non-hydrogen) atoms. The molecule has 0 spiro atoms. The highest BCUT2D eigenvalue weighted by Gasteiger charge is 2.26. The number of carbonyl (C=O) groups excluding carboxylic acids is 1. The molecule has 0 bridgehead atoms. The molecule has 112 valence electrons. The van der Waals surface area contributed by atoms with Crippen LogP contribution in [0.4, 0.5) is 0 Å². The van der Waals surface area contributed by atoms with Crippen molar-refractivity contribution in [1.29, 1.82) is 0 Å². The second-order valence-electron chi connectivity index (χ2n) is 4.86. The van der Waals surface area contributed by atoms with Crippen molar-refractivity contribution in [3.8, 4) is 5.75 Å². The van der Waals surface area contributed by atoms with E-state index in [1.807, 2.05) is 38.4 Å². The largest absolute Gasteiger partial charge is 0.497 e. The standard InChI is InChI=1S/C15H19N3O3/c1-18(2)9-8-16-10-13-14(17-21-15(13)19)11-4-6-12(20-3)7-5-11/h4-7,10,16H,8-9H2,1-3H3/b13-10-. The number of nitrogens with one attached hydrogen (secondary N) is 1. The topological polar surface area (TPSA) is 63.2 Å². The second kappa shape index (κ2) is 6.90. The van der Waals surface area contributed by atoms with Crippen LogP contribution in [0.1, 0.15) is 5.56 Å². The first-order chi connectivity index (χ1) is 10.1. The van der Waals surface area contributed by atoms with Crippen molar-refractivity contribution in [3.63, 3.8) is 0 Å². The highest BCUT2D eigenvalue weighted by molar-refractivity contribution is 6.28. The molecular formula is C15H19N3O3. The number of ether oxygens (including phenoxy) is 1. The summed E-state index contributed by atoms with van der Waals surface area (Å²) in [4.78, 5) is 18.5. The predicted octanol–water partition coefficient (Wildman–Crippen LogP) is 0.991. The molecule has 1 aromatic carbocycles. The summed E-state index contributed by atoms with van der Waals surface area (Å²) in [6.07, 6.45) is 1.65. The van der Waals surface area contributed by atoms with Crippen molar-refractivity contribution in [2.75, 3.05) is 34.3 Å². The molecule has 2 rings (SSSR count). The van der Waals surface area contributed by atoms with E-state index < -0.39 is 5.97 Å². The van der Waals surface area contributed by atoms with E-state index in [2.05, 4.69) is 15.4 Å². The highest BCUT2D eigenvalue weighted by atomic mass is 16.7. The molecule has 6 nitrogen and oxygen atoms in total. The van der Waals surface area contributed by atoms with Gasteiger partial charge in [0.2, 0.25) is 0 Å². The lowest BCUT2D eigenvalue weighted by molar-refractivity contribution is -0.136. The van der Waals surface area contributed by atoms with Crippen LogP contribution in [-0.4, -0.2) is 50.9 Å². The third-order valence-corrected chi connectivity index (χ3v) is 3.01. The van der Waals surface area contributed by atoms with E-state index in [9.17, 15) is 4.79 Å². The molecule has 0 fully saturated rings. The van der Waals surface area contributed by atoms with Gasteiger partial charge >= 0.3 is 5.97 Å². The Balaban J connectivity index is 2.10. The minimum Gasteiger partial charge on any atom is -0.497 e. The Labute approximate surface area is 124 Å². The molecule has 1 aromatic rings. The van der Waals surface area contributed by atoms with Crippen LogP contribution in [0.2, 0.25) is 0 Å². The van der Waals surface area contributed by atoms with Crippen LogP contribution in [0.25, 0.3) is 0 Å². The maximum Gasteiger partial charge on any atom is 0.369 e. The SMILES string of the molecule is COc1ccc(C2=NOC(=O)/C2=C\NCCN(C)C)cc1. The van der Waals surface area contributed by atoms with Crippen LogP contribution < -0.4 is 10.1 Å². The Morgan fingerprint density at radius 3 is 2.67 bits per heavy atom. The van der Waals surface area contributed by atoms with Gasteiger partial charge in [-0.05, 0) is 38.4 Å². The minimum absolute atomic E-state index is 0.430. The highest BCUT2D eigenvalue weighted by Crippen LogP contribution is 2.19. The molecule has 0 aromatic heterocycles. The first-order valence-electron chi connectivity index (χ1n) is 6.64. The molecule has 0 radical (unpaired) electrons. The summed E-state index contributed by atoms with van der Waals surface area (Å²) in [6, 6.07) is 7.32. The summed E-state index contributed by atoms with van der Waals surface area (Å²) in [7, 11) is 5.58. The molecule has 0 aliphatic carbocycles. The van der Waals surface area contributed by atoms with Gasteiger partial charge in [0, 0.05) is 24.9 Å². The number of oxime groups is 1. The van der Waals surface area contributed by atoms with Gasteiger partial charge in [-0.1, -0.05) is 5.16 Å². The normalized spacial score (nSPS) is 16.1. The van der Waals surface area contributed by atoms with E-state index in [-0.39, 0.29) is 0 Å². The summed E-state index contributed by atoms with van der Waals surface area (Å²) in [6.45, 7) is 1.60. The molecule has 1 aliphatic rings. The molecule has 0 atom stereocenters. The van der Waals surface area contributed by atoms with Gasteiger partial charge in [-0.3, -0.25) is 0 Å². The van der Waals surface area contributed by atoms with Gasteiger partial charge in [0.15, 0.2) is 0 Å². The van der Waals surface area contributed by atoms with E-state index in [4.69, 9.17) is 9.57 Å². The fourth-order valence-electron chi connectivity index (χ4n) is 1.83. The predicted molar refractivity (Wildman–Crippen MR) is 80.3 cm³/mol. The van der Waals surface area contributed by atoms with Gasteiger partial charge in [0.25, 0.3) is 0 Å². The van der Waals surface area contributed by atoms with Crippen molar-refractivity contribution >= 4 is 11.7 Å². The molecular weight excluding hydrogens is 270 g/mol. The second-order valence-corrected chi connectivity index (χ2v) is 4.86. The molecule has 1 N–H and O–H groups in total. The molecule has 1 heterocycles. The maximum atomic E-state index is 11.7. The van der Waals surface area contributed by atoms with Crippen LogP contribution in [0.5, 0.6) is 5.75 Å². The van der Waals surface area contributed by atoms with Gasteiger partial charge in [0.05, 0.1) is 7.11 Å². The Hall–Kier alpha value is -2.34. The molecule has 1 aliphatic heterocycles. The molecule has 0 saturated heterocycles. The number of rotatable bonds is 6. The number of carbonyl (C=O) groups is 1. The van der Waals surface area contributed by atoms with E-state index in [1.165, 1.54) is 0 Å². The molecule has 6 heteroatoms. The molecule has 0 amide bonds. The Bertz CT molecular complexity index is 562. The lowest BCUT2D eigenvalue weighted by atomic mass is 10.0. The minimum atomic E-state index is -0.446. The number of methoxy groups -OCH3 is 1. The van der Waals surface area contributed by atoms with Gasteiger partial charge < -0.3 is 19.8 Å². The Morgan fingerprint density at radius 1 is 1.33 bits per heavy atom.